The second-order valence-corrected chi connectivity index (χ2v) is 5.81. The van der Waals surface area contributed by atoms with Gasteiger partial charge < -0.3 is 10.2 Å². The summed E-state index contributed by atoms with van der Waals surface area (Å²) >= 11 is 6.12. The first kappa shape index (κ1) is 17.3. The van der Waals surface area contributed by atoms with E-state index in [9.17, 15) is 4.79 Å². The predicted octanol–water partition coefficient (Wildman–Crippen LogP) is 3.42. The van der Waals surface area contributed by atoms with Crippen LogP contribution in [0, 0.1) is 12.8 Å². The van der Waals surface area contributed by atoms with Gasteiger partial charge in [0.05, 0.1) is 0 Å². The topological polar surface area (TPSA) is 32.3 Å². The number of halogens is 2. The van der Waals surface area contributed by atoms with E-state index in [1.54, 1.807) is 4.90 Å². The molecule has 0 saturated carbocycles. The lowest BCUT2D eigenvalue weighted by Crippen LogP contribution is -2.43. The molecule has 0 bridgehead atoms. The Morgan fingerprint density at radius 2 is 2.15 bits per heavy atom. The number of carbonyl (C=O) groups is 1. The molecule has 5 heteroatoms. The summed E-state index contributed by atoms with van der Waals surface area (Å²) in [7, 11) is 1.83. The Bertz CT molecular complexity index is 479. The fourth-order valence-electron chi connectivity index (χ4n) is 2.55. The zero-order valence-electron chi connectivity index (χ0n) is 12.1. The van der Waals surface area contributed by atoms with E-state index in [-0.39, 0.29) is 24.2 Å². The first-order chi connectivity index (χ1) is 8.99. The normalized spacial score (nSPS) is 22.0. The minimum Gasteiger partial charge on any atom is -0.315 e. The summed E-state index contributed by atoms with van der Waals surface area (Å²) in [5.74, 6) is 0.301. The second-order valence-electron chi connectivity index (χ2n) is 5.41. The van der Waals surface area contributed by atoms with Gasteiger partial charge in [-0.15, -0.1) is 12.4 Å². The molecule has 0 aromatic heterocycles. The lowest BCUT2D eigenvalue weighted by molar-refractivity contribution is -0.123. The van der Waals surface area contributed by atoms with Crippen LogP contribution in [-0.4, -0.2) is 25.5 Å². The monoisotopic (exact) mass is 316 g/mol. The highest BCUT2D eigenvalue weighted by molar-refractivity contribution is 6.31. The summed E-state index contributed by atoms with van der Waals surface area (Å²) in [4.78, 5) is 14.2. The summed E-state index contributed by atoms with van der Waals surface area (Å²) in [6.07, 6.45) is 1.82. The average molecular weight is 317 g/mol. The van der Waals surface area contributed by atoms with Crippen molar-refractivity contribution in [2.45, 2.75) is 32.7 Å². The number of amides is 1. The van der Waals surface area contributed by atoms with E-state index in [1.165, 1.54) is 0 Å². The van der Waals surface area contributed by atoms with E-state index in [0.29, 0.717) is 11.1 Å². The Hall–Kier alpha value is -0.770. The molecule has 3 nitrogen and oxygen atoms in total. The van der Waals surface area contributed by atoms with E-state index in [0.717, 1.165) is 30.6 Å². The molecule has 0 spiro atoms. The molecule has 20 heavy (non-hydrogen) atoms. The van der Waals surface area contributed by atoms with Crippen molar-refractivity contribution in [1.82, 2.24) is 5.32 Å². The standard InChI is InChI=1S/C15H21ClN2O.ClH/c1-10-4-5-13(9-14(10)16)18(3)15(19)12-6-7-17-11(2)8-12;/h4-5,9,11-12,17H,6-8H2,1-3H3;1H/t11-,12-;/m0./s1. The van der Waals surface area contributed by atoms with Gasteiger partial charge in [0.15, 0.2) is 0 Å². The van der Waals surface area contributed by atoms with E-state index >= 15 is 0 Å². The molecular formula is C15H22Cl2N2O. The summed E-state index contributed by atoms with van der Waals surface area (Å²) in [6, 6.07) is 6.17. The van der Waals surface area contributed by atoms with Crippen molar-refractivity contribution in [3.63, 3.8) is 0 Å². The fourth-order valence-corrected chi connectivity index (χ4v) is 2.72. The number of anilines is 1. The van der Waals surface area contributed by atoms with Gasteiger partial charge in [0, 0.05) is 29.7 Å². The van der Waals surface area contributed by atoms with Gasteiger partial charge in [-0.1, -0.05) is 17.7 Å². The number of piperidine rings is 1. The zero-order valence-corrected chi connectivity index (χ0v) is 13.7. The molecule has 1 aromatic carbocycles. The number of nitrogens with zero attached hydrogens (tertiary/aromatic N) is 1. The zero-order chi connectivity index (χ0) is 14.0. The molecule has 1 N–H and O–H groups in total. The molecule has 1 aliphatic heterocycles. The van der Waals surface area contributed by atoms with Crippen LogP contribution >= 0.6 is 24.0 Å². The fraction of sp³-hybridized carbons (Fsp3) is 0.533. The Balaban J connectivity index is 0.00000200. The SMILES string of the molecule is Cc1ccc(N(C)C(=O)[C@H]2CCN[C@@H](C)C2)cc1Cl.Cl. The highest BCUT2D eigenvalue weighted by atomic mass is 35.5. The summed E-state index contributed by atoms with van der Waals surface area (Å²) < 4.78 is 0. The summed E-state index contributed by atoms with van der Waals surface area (Å²) in [5, 5.41) is 4.07. The Morgan fingerprint density at radius 1 is 1.45 bits per heavy atom. The van der Waals surface area contributed by atoms with Crippen LogP contribution in [0.3, 0.4) is 0 Å². The Morgan fingerprint density at radius 3 is 2.75 bits per heavy atom. The van der Waals surface area contributed by atoms with E-state index in [4.69, 9.17) is 11.6 Å². The Kier molecular flexibility index (Phi) is 6.31. The highest BCUT2D eigenvalue weighted by Gasteiger charge is 2.27. The number of rotatable bonds is 2. The van der Waals surface area contributed by atoms with Crippen LogP contribution in [0.4, 0.5) is 5.69 Å². The van der Waals surface area contributed by atoms with Crippen LogP contribution < -0.4 is 10.2 Å². The van der Waals surface area contributed by atoms with Crippen molar-refractivity contribution in [2.24, 2.45) is 5.92 Å². The van der Waals surface area contributed by atoms with Crippen molar-refractivity contribution in [1.29, 1.82) is 0 Å². The third kappa shape index (κ3) is 3.87. The molecule has 0 radical (unpaired) electrons. The molecule has 0 unspecified atom stereocenters. The minimum absolute atomic E-state index is 0. The molecule has 2 atom stereocenters. The third-order valence-electron chi connectivity index (χ3n) is 3.85. The first-order valence-corrected chi connectivity index (χ1v) is 7.14. The van der Waals surface area contributed by atoms with E-state index in [1.807, 2.05) is 32.2 Å². The molecule has 0 aliphatic carbocycles. The Labute approximate surface area is 132 Å². The highest BCUT2D eigenvalue weighted by Crippen LogP contribution is 2.25. The van der Waals surface area contributed by atoms with Crippen LogP contribution in [0.1, 0.15) is 25.3 Å². The van der Waals surface area contributed by atoms with Gasteiger partial charge in [-0.05, 0) is 50.9 Å². The van der Waals surface area contributed by atoms with Crippen LogP contribution in [0.5, 0.6) is 0 Å². The molecule has 1 aromatic rings. The third-order valence-corrected chi connectivity index (χ3v) is 4.25. The quantitative estimate of drug-likeness (QED) is 0.906. The number of carbonyl (C=O) groups excluding carboxylic acids is 1. The predicted molar refractivity (Wildman–Crippen MR) is 87.0 cm³/mol. The van der Waals surface area contributed by atoms with Crippen molar-refractivity contribution in [3.05, 3.63) is 28.8 Å². The number of nitrogens with one attached hydrogen (secondary N) is 1. The van der Waals surface area contributed by atoms with Gasteiger partial charge >= 0.3 is 0 Å². The van der Waals surface area contributed by atoms with Crippen molar-refractivity contribution < 1.29 is 4.79 Å². The second kappa shape index (κ2) is 7.30. The molecule has 1 amide bonds. The van der Waals surface area contributed by atoms with Gasteiger partial charge in [0.25, 0.3) is 0 Å². The van der Waals surface area contributed by atoms with Gasteiger partial charge in [0.2, 0.25) is 5.91 Å². The molecule has 112 valence electrons. The summed E-state index contributed by atoms with van der Waals surface area (Å²) in [6.45, 7) is 5.00. The molecule has 1 aliphatic rings. The maximum absolute atomic E-state index is 12.5. The number of benzene rings is 1. The molecule has 1 saturated heterocycles. The van der Waals surface area contributed by atoms with Crippen LogP contribution in [-0.2, 0) is 4.79 Å². The maximum atomic E-state index is 12.5. The average Bonchev–Trinajstić information content (AvgIpc) is 2.40. The first-order valence-electron chi connectivity index (χ1n) is 6.76. The number of hydrogen-bond acceptors (Lipinski definition) is 2. The number of hydrogen-bond donors (Lipinski definition) is 1. The van der Waals surface area contributed by atoms with Crippen LogP contribution in [0.15, 0.2) is 18.2 Å². The molecule has 2 rings (SSSR count). The molecular weight excluding hydrogens is 295 g/mol. The van der Waals surface area contributed by atoms with E-state index in [2.05, 4.69) is 12.2 Å². The van der Waals surface area contributed by atoms with E-state index < -0.39 is 0 Å². The van der Waals surface area contributed by atoms with Gasteiger partial charge in [-0.2, -0.15) is 0 Å². The van der Waals surface area contributed by atoms with Crippen molar-refractivity contribution in [2.75, 3.05) is 18.5 Å². The van der Waals surface area contributed by atoms with Crippen molar-refractivity contribution in [3.8, 4) is 0 Å². The lowest BCUT2D eigenvalue weighted by Gasteiger charge is -2.30. The molecule has 1 fully saturated rings. The largest absolute Gasteiger partial charge is 0.315 e. The summed E-state index contributed by atoms with van der Waals surface area (Å²) in [5.41, 5.74) is 1.90. The van der Waals surface area contributed by atoms with Gasteiger partial charge in [-0.25, -0.2) is 0 Å². The smallest absolute Gasteiger partial charge is 0.229 e. The van der Waals surface area contributed by atoms with Crippen molar-refractivity contribution >= 4 is 35.6 Å². The van der Waals surface area contributed by atoms with Crippen LogP contribution in [0.2, 0.25) is 5.02 Å². The van der Waals surface area contributed by atoms with Gasteiger partial charge in [-0.3, -0.25) is 4.79 Å². The lowest BCUT2D eigenvalue weighted by atomic mass is 9.92. The maximum Gasteiger partial charge on any atom is 0.229 e. The number of aryl methyl sites for hydroxylation is 1. The minimum atomic E-state index is 0. The van der Waals surface area contributed by atoms with Crippen LogP contribution in [0.25, 0.3) is 0 Å². The van der Waals surface area contributed by atoms with Gasteiger partial charge in [0.1, 0.15) is 0 Å². The molecule has 1 heterocycles.